The van der Waals surface area contributed by atoms with Crippen molar-refractivity contribution in [2.45, 2.75) is 44.9 Å². The monoisotopic (exact) mass is 491 g/mol. The number of benzene rings is 2. The van der Waals surface area contributed by atoms with E-state index in [0.29, 0.717) is 22.4 Å². The van der Waals surface area contributed by atoms with Crippen molar-refractivity contribution < 1.29 is 18.7 Å². The first kappa shape index (κ1) is 21.7. The third-order valence-corrected chi connectivity index (χ3v) is 7.08. The number of fused-ring (bicyclic) bond motifs is 2. The summed E-state index contributed by atoms with van der Waals surface area (Å²) >= 11 is 1.18. The van der Waals surface area contributed by atoms with Gasteiger partial charge >= 0.3 is 0 Å². The average molecular weight is 492 g/mol. The number of nitrogens with zero attached hydrogens (tertiary/aromatic N) is 4. The third-order valence-electron chi connectivity index (χ3n) is 6.20. The highest BCUT2D eigenvalue weighted by Gasteiger charge is 2.23. The highest BCUT2D eigenvalue weighted by Crippen LogP contribution is 2.38. The van der Waals surface area contributed by atoms with Crippen LogP contribution in [-0.2, 0) is 25.9 Å². The Hall–Kier alpha value is -3.79. The van der Waals surface area contributed by atoms with Gasteiger partial charge in [0.1, 0.15) is 34.1 Å². The summed E-state index contributed by atoms with van der Waals surface area (Å²) in [6, 6.07) is 12.1. The number of rotatable bonds is 6. The van der Waals surface area contributed by atoms with Crippen LogP contribution >= 0.6 is 11.3 Å². The maximum atomic E-state index is 13.6. The van der Waals surface area contributed by atoms with Crippen molar-refractivity contribution >= 4 is 17.2 Å². The first-order chi connectivity index (χ1) is 17.1. The van der Waals surface area contributed by atoms with Gasteiger partial charge in [-0.1, -0.05) is 23.5 Å². The molecular formula is C25H22FN5O3S. The van der Waals surface area contributed by atoms with Crippen LogP contribution in [0.4, 0.5) is 4.39 Å². The minimum Gasteiger partial charge on any atom is -0.485 e. The van der Waals surface area contributed by atoms with Gasteiger partial charge in [-0.2, -0.15) is 0 Å². The van der Waals surface area contributed by atoms with Gasteiger partial charge in [-0.3, -0.25) is 4.79 Å². The maximum Gasteiger partial charge on any atom is 0.279 e. The Bertz CT molecular complexity index is 1400. The van der Waals surface area contributed by atoms with E-state index in [1.165, 1.54) is 29.7 Å². The molecule has 0 aliphatic carbocycles. The number of aromatic nitrogens is 4. The molecule has 8 nitrogen and oxygen atoms in total. The second kappa shape index (κ2) is 9.10. The normalized spacial score (nSPS) is 16.3. The van der Waals surface area contributed by atoms with Crippen molar-refractivity contribution in [2.24, 2.45) is 0 Å². The molecule has 0 spiro atoms. The number of carbonyl (C=O) groups is 1. The number of hydrogen-bond donors (Lipinski definition) is 1. The number of carbonyl (C=O) groups excluding carboxylic acids is 1. The van der Waals surface area contributed by atoms with Crippen LogP contribution in [0.1, 0.15) is 51.4 Å². The standard InChI is InChI=1S/C25H22FN5O3S/c26-17-4-1-3-15(11-17)19-8-6-16-12-18(7-9-20(16)34-19)33-25-28-13-21(35-25)24(32)27-14-23-30-29-22-5-2-10-31(22)23/h1,3-4,7,9,11-13,19H,2,5-6,8,10,14H2,(H,27,32). The van der Waals surface area contributed by atoms with Crippen molar-refractivity contribution in [3.63, 3.8) is 0 Å². The molecule has 2 aromatic carbocycles. The van der Waals surface area contributed by atoms with E-state index in [1.807, 2.05) is 18.2 Å². The Morgan fingerprint density at radius 2 is 2.17 bits per heavy atom. The molecular weight excluding hydrogens is 469 g/mol. The van der Waals surface area contributed by atoms with Crippen molar-refractivity contribution in [2.75, 3.05) is 0 Å². The van der Waals surface area contributed by atoms with Crippen LogP contribution in [0.2, 0.25) is 0 Å². The van der Waals surface area contributed by atoms with E-state index >= 15 is 0 Å². The topological polar surface area (TPSA) is 91.2 Å². The fourth-order valence-electron chi connectivity index (χ4n) is 4.47. The number of ether oxygens (including phenoxy) is 2. The molecule has 1 N–H and O–H groups in total. The van der Waals surface area contributed by atoms with E-state index in [-0.39, 0.29) is 17.8 Å². The number of aryl methyl sites for hydroxylation is 2. The minimum absolute atomic E-state index is 0.177. The summed E-state index contributed by atoms with van der Waals surface area (Å²) in [7, 11) is 0. The average Bonchev–Trinajstić information content (AvgIpc) is 3.61. The van der Waals surface area contributed by atoms with Crippen molar-refractivity contribution in [3.8, 4) is 16.7 Å². The second-order valence-corrected chi connectivity index (χ2v) is 9.53. The summed E-state index contributed by atoms with van der Waals surface area (Å²) in [5, 5.41) is 11.6. The fraction of sp³-hybridized carbons (Fsp3) is 0.280. The molecule has 0 bridgehead atoms. The van der Waals surface area contributed by atoms with Crippen LogP contribution in [0.15, 0.2) is 48.7 Å². The van der Waals surface area contributed by atoms with Gasteiger partial charge in [-0.25, -0.2) is 9.37 Å². The zero-order chi connectivity index (χ0) is 23.8. The Balaban J connectivity index is 1.08. The Labute approximate surface area is 204 Å². The van der Waals surface area contributed by atoms with E-state index in [1.54, 1.807) is 12.1 Å². The smallest absolute Gasteiger partial charge is 0.279 e. The summed E-state index contributed by atoms with van der Waals surface area (Å²) in [5.74, 6) is 2.63. The van der Waals surface area contributed by atoms with Crippen molar-refractivity contribution in [3.05, 3.63) is 82.1 Å². The molecule has 6 rings (SSSR count). The highest BCUT2D eigenvalue weighted by molar-refractivity contribution is 7.15. The molecule has 4 heterocycles. The van der Waals surface area contributed by atoms with E-state index in [0.717, 1.165) is 60.8 Å². The van der Waals surface area contributed by atoms with Gasteiger partial charge in [-0.15, -0.1) is 10.2 Å². The largest absolute Gasteiger partial charge is 0.485 e. The first-order valence-electron chi connectivity index (χ1n) is 11.5. The number of nitrogens with one attached hydrogen (secondary N) is 1. The molecule has 178 valence electrons. The summed E-state index contributed by atoms with van der Waals surface area (Å²) in [4.78, 5) is 17.3. The van der Waals surface area contributed by atoms with E-state index in [4.69, 9.17) is 9.47 Å². The molecule has 0 saturated carbocycles. The van der Waals surface area contributed by atoms with Crippen LogP contribution in [0.3, 0.4) is 0 Å². The summed E-state index contributed by atoms with van der Waals surface area (Å²) < 4.78 is 27.6. The SMILES string of the molecule is O=C(NCc1nnc2n1CCC2)c1cnc(Oc2ccc3c(c2)CCC(c2cccc(F)c2)O3)s1. The molecule has 0 fully saturated rings. The van der Waals surface area contributed by atoms with Gasteiger partial charge < -0.3 is 19.4 Å². The number of thiazole rings is 1. The number of halogens is 1. The van der Waals surface area contributed by atoms with Crippen LogP contribution in [-0.4, -0.2) is 25.7 Å². The van der Waals surface area contributed by atoms with Gasteiger partial charge in [0.2, 0.25) is 0 Å². The number of hydrogen-bond acceptors (Lipinski definition) is 7. The Morgan fingerprint density at radius 3 is 3.09 bits per heavy atom. The molecule has 4 aromatic rings. The molecule has 2 aromatic heterocycles. The van der Waals surface area contributed by atoms with Gasteiger partial charge in [0.25, 0.3) is 11.1 Å². The van der Waals surface area contributed by atoms with E-state index < -0.39 is 0 Å². The molecule has 1 amide bonds. The molecule has 0 saturated heterocycles. The molecule has 35 heavy (non-hydrogen) atoms. The molecule has 1 atom stereocenters. The quantitative estimate of drug-likeness (QED) is 0.424. The number of amides is 1. The maximum absolute atomic E-state index is 13.6. The van der Waals surface area contributed by atoms with Gasteiger partial charge in [0.05, 0.1) is 12.7 Å². The molecule has 2 aliphatic heterocycles. The van der Waals surface area contributed by atoms with Crippen LogP contribution < -0.4 is 14.8 Å². The van der Waals surface area contributed by atoms with Crippen LogP contribution in [0.25, 0.3) is 0 Å². The van der Waals surface area contributed by atoms with Gasteiger partial charge in [0, 0.05) is 13.0 Å². The van der Waals surface area contributed by atoms with Crippen LogP contribution in [0, 0.1) is 5.82 Å². The molecule has 2 aliphatic rings. The van der Waals surface area contributed by atoms with Gasteiger partial charge in [-0.05, 0) is 60.7 Å². The lowest BCUT2D eigenvalue weighted by molar-refractivity contribution is 0.0953. The Kier molecular flexibility index (Phi) is 5.65. The third kappa shape index (κ3) is 4.49. The molecule has 0 radical (unpaired) electrons. The summed E-state index contributed by atoms with van der Waals surface area (Å²) in [6.07, 6.45) is 4.85. The van der Waals surface area contributed by atoms with Crippen LogP contribution in [0.5, 0.6) is 16.7 Å². The first-order valence-corrected chi connectivity index (χ1v) is 12.3. The minimum atomic E-state index is -0.265. The zero-order valence-corrected chi connectivity index (χ0v) is 19.6. The van der Waals surface area contributed by atoms with Crippen molar-refractivity contribution in [1.82, 2.24) is 25.1 Å². The fourth-order valence-corrected chi connectivity index (χ4v) is 5.17. The molecule has 1 unspecified atom stereocenters. The molecule has 10 heteroatoms. The lowest BCUT2D eigenvalue weighted by atomic mass is 9.97. The summed E-state index contributed by atoms with van der Waals surface area (Å²) in [6.45, 7) is 1.21. The lowest BCUT2D eigenvalue weighted by Gasteiger charge is -2.26. The van der Waals surface area contributed by atoms with Gasteiger partial charge in [0.15, 0.2) is 5.82 Å². The zero-order valence-electron chi connectivity index (χ0n) is 18.7. The van der Waals surface area contributed by atoms with E-state index in [9.17, 15) is 9.18 Å². The van der Waals surface area contributed by atoms with E-state index in [2.05, 4.69) is 25.1 Å². The highest BCUT2D eigenvalue weighted by atomic mass is 32.1. The lowest BCUT2D eigenvalue weighted by Crippen LogP contribution is -2.23. The van der Waals surface area contributed by atoms with Crippen molar-refractivity contribution in [1.29, 1.82) is 0 Å². The second-order valence-electron chi connectivity index (χ2n) is 8.53. The predicted octanol–water partition coefficient (Wildman–Crippen LogP) is 4.61. The predicted molar refractivity (Wildman–Crippen MR) is 126 cm³/mol. The summed E-state index contributed by atoms with van der Waals surface area (Å²) in [5.41, 5.74) is 1.85. The Morgan fingerprint density at radius 1 is 1.23 bits per heavy atom.